The van der Waals surface area contributed by atoms with Crippen molar-refractivity contribution in [3.05, 3.63) is 48.0 Å². The van der Waals surface area contributed by atoms with E-state index in [9.17, 15) is 0 Å². The van der Waals surface area contributed by atoms with E-state index in [0.717, 1.165) is 13.0 Å². The first kappa shape index (κ1) is 12.4. The van der Waals surface area contributed by atoms with Gasteiger partial charge in [0.15, 0.2) is 0 Å². The zero-order valence-corrected chi connectivity index (χ0v) is 11.1. The van der Waals surface area contributed by atoms with Crippen LogP contribution in [0, 0.1) is 0 Å². The van der Waals surface area contributed by atoms with E-state index in [0.29, 0.717) is 0 Å². The number of fused-ring (bicyclic) bond motifs is 1. The van der Waals surface area contributed by atoms with Gasteiger partial charge >= 0.3 is 0 Å². The van der Waals surface area contributed by atoms with Crippen LogP contribution in [0.3, 0.4) is 0 Å². The van der Waals surface area contributed by atoms with Crippen molar-refractivity contribution in [2.45, 2.75) is 11.8 Å². The summed E-state index contributed by atoms with van der Waals surface area (Å²) in [5, 5.41) is 2.63. The minimum atomic E-state index is 0.0991. The Bertz CT molecular complexity index is 493. The second-order valence-electron chi connectivity index (χ2n) is 4.67. The molecule has 0 amide bonds. The molecule has 0 aromatic heterocycles. The number of halogens is 1. The summed E-state index contributed by atoms with van der Waals surface area (Å²) >= 11 is 6.42. The minimum Gasteiger partial charge on any atom is -0.309 e. The van der Waals surface area contributed by atoms with Crippen LogP contribution in [0.2, 0.25) is 0 Å². The van der Waals surface area contributed by atoms with E-state index in [1.165, 1.54) is 16.3 Å². The van der Waals surface area contributed by atoms with Crippen molar-refractivity contribution in [3.63, 3.8) is 0 Å². The lowest BCUT2D eigenvalue weighted by molar-refractivity contribution is 0.398. The predicted molar refractivity (Wildman–Crippen MR) is 75.7 cm³/mol. The number of hydrogen-bond donors (Lipinski definition) is 0. The number of alkyl halides is 1. The highest BCUT2D eigenvalue weighted by Crippen LogP contribution is 2.27. The number of nitrogens with zero attached hydrogens (tertiary/aromatic N) is 1. The molecule has 90 valence electrons. The van der Waals surface area contributed by atoms with E-state index in [-0.39, 0.29) is 5.38 Å². The molecule has 2 heteroatoms. The summed E-state index contributed by atoms with van der Waals surface area (Å²) in [6, 6.07) is 14.9. The lowest BCUT2D eigenvalue weighted by Gasteiger charge is -2.14. The van der Waals surface area contributed by atoms with Crippen molar-refractivity contribution in [1.29, 1.82) is 0 Å². The van der Waals surface area contributed by atoms with Gasteiger partial charge < -0.3 is 4.90 Å². The van der Waals surface area contributed by atoms with Crippen molar-refractivity contribution in [1.82, 2.24) is 4.90 Å². The van der Waals surface area contributed by atoms with Gasteiger partial charge in [-0.1, -0.05) is 36.4 Å². The fourth-order valence-electron chi connectivity index (χ4n) is 1.94. The van der Waals surface area contributed by atoms with E-state index in [1.807, 2.05) is 0 Å². The molecule has 0 saturated heterocycles. The smallest absolute Gasteiger partial charge is 0.0597 e. The molecule has 0 spiro atoms. The van der Waals surface area contributed by atoms with E-state index < -0.39 is 0 Å². The number of rotatable bonds is 4. The van der Waals surface area contributed by atoms with Crippen LogP contribution in [0.5, 0.6) is 0 Å². The van der Waals surface area contributed by atoms with Crippen molar-refractivity contribution in [2.24, 2.45) is 0 Å². The molecule has 2 aromatic carbocycles. The highest BCUT2D eigenvalue weighted by molar-refractivity contribution is 6.20. The first-order valence-electron chi connectivity index (χ1n) is 5.94. The SMILES string of the molecule is CN(C)CC[C@H](Cl)c1ccc2ccccc2c1. The lowest BCUT2D eigenvalue weighted by Crippen LogP contribution is -2.14. The van der Waals surface area contributed by atoms with Gasteiger partial charge in [0.05, 0.1) is 5.38 Å². The van der Waals surface area contributed by atoms with Gasteiger partial charge in [-0.2, -0.15) is 0 Å². The molecule has 0 aliphatic heterocycles. The van der Waals surface area contributed by atoms with Gasteiger partial charge in [0.2, 0.25) is 0 Å². The lowest BCUT2D eigenvalue weighted by atomic mass is 10.0. The molecule has 0 N–H and O–H groups in total. The summed E-state index contributed by atoms with van der Waals surface area (Å²) in [6.45, 7) is 1.01. The molecule has 0 unspecified atom stereocenters. The summed E-state index contributed by atoms with van der Waals surface area (Å²) in [5.41, 5.74) is 1.22. The zero-order chi connectivity index (χ0) is 12.3. The highest BCUT2D eigenvalue weighted by Gasteiger charge is 2.08. The van der Waals surface area contributed by atoms with E-state index in [1.54, 1.807) is 0 Å². The predicted octanol–water partition coefficient (Wildman–Crippen LogP) is 4.07. The maximum Gasteiger partial charge on any atom is 0.0597 e. The standard InChI is InChI=1S/C15H18ClN/c1-17(2)10-9-15(16)14-8-7-12-5-3-4-6-13(12)11-14/h3-8,11,15H,9-10H2,1-2H3/t15-/m0/s1. The van der Waals surface area contributed by atoms with Crippen LogP contribution >= 0.6 is 11.6 Å². The molecular weight excluding hydrogens is 230 g/mol. The molecule has 0 heterocycles. The average molecular weight is 248 g/mol. The topological polar surface area (TPSA) is 3.24 Å². The zero-order valence-electron chi connectivity index (χ0n) is 10.4. The molecule has 1 atom stereocenters. The van der Waals surface area contributed by atoms with Gasteiger partial charge in [-0.3, -0.25) is 0 Å². The summed E-state index contributed by atoms with van der Waals surface area (Å²) in [6.07, 6.45) is 0.979. The Balaban J connectivity index is 2.18. The molecule has 2 aromatic rings. The van der Waals surface area contributed by atoms with Crippen LogP contribution in [-0.4, -0.2) is 25.5 Å². The second-order valence-corrected chi connectivity index (χ2v) is 5.19. The first-order chi connectivity index (χ1) is 8.16. The Hall–Kier alpha value is -1.05. The van der Waals surface area contributed by atoms with Gasteiger partial charge in [0.25, 0.3) is 0 Å². The summed E-state index contributed by atoms with van der Waals surface area (Å²) in [4.78, 5) is 2.16. The third kappa shape index (κ3) is 3.21. The van der Waals surface area contributed by atoms with Crippen LogP contribution in [0.4, 0.5) is 0 Å². The van der Waals surface area contributed by atoms with Crippen LogP contribution in [0.1, 0.15) is 17.4 Å². The second kappa shape index (κ2) is 5.52. The van der Waals surface area contributed by atoms with E-state index in [2.05, 4.69) is 61.5 Å². The quantitative estimate of drug-likeness (QED) is 0.737. The van der Waals surface area contributed by atoms with Gasteiger partial charge in [-0.25, -0.2) is 0 Å². The largest absolute Gasteiger partial charge is 0.309 e. The summed E-state index contributed by atoms with van der Waals surface area (Å²) < 4.78 is 0. The van der Waals surface area contributed by atoms with Gasteiger partial charge in [-0.15, -0.1) is 11.6 Å². The Morgan fingerprint density at radius 3 is 2.47 bits per heavy atom. The highest BCUT2D eigenvalue weighted by atomic mass is 35.5. The monoisotopic (exact) mass is 247 g/mol. The fourth-order valence-corrected chi connectivity index (χ4v) is 2.17. The Morgan fingerprint density at radius 2 is 1.76 bits per heavy atom. The molecule has 2 rings (SSSR count). The summed E-state index contributed by atoms with van der Waals surface area (Å²) in [5.74, 6) is 0. The normalized spacial score (nSPS) is 13.2. The van der Waals surface area contributed by atoms with Crippen molar-refractivity contribution in [2.75, 3.05) is 20.6 Å². The molecule has 1 nitrogen and oxygen atoms in total. The maximum absolute atomic E-state index is 6.42. The molecule has 0 bridgehead atoms. The average Bonchev–Trinajstić information content (AvgIpc) is 2.35. The molecule has 0 aliphatic carbocycles. The van der Waals surface area contributed by atoms with E-state index >= 15 is 0 Å². The third-order valence-electron chi connectivity index (χ3n) is 2.96. The number of hydrogen-bond acceptors (Lipinski definition) is 1. The summed E-state index contributed by atoms with van der Waals surface area (Å²) in [7, 11) is 4.15. The van der Waals surface area contributed by atoms with Crippen LogP contribution < -0.4 is 0 Å². The van der Waals surface area contributed by atoms with E-state index in [4.69, 9.17) is 11.6 Å². The maximum atomic E-state index is 6.42. The van der Waals surface area contributed by atoms with Crippen molar-refractivity contribution < 1.29 is 0 Å². The molecule has 0 aliphatic rings. The van der Waals surface area contributed by atoms with Gasteiger partial charge in [0, 0.05) is 0 Å². The molecule has 0 radical (unpaired) electrons. The third-order valence-corrected chi connectivity index (χ3v) is 3.44. The van der Waals surface area contributed by atoms with Crippen LogP contribution in [0.15, 0.2) is 42.5 Å². The fraction of sp³-hybridized carbons (Fsp3) is 0.333. The van der Waals surface area contributed by atoms with Crippen molar-refractivity contribution in [3.8, 4) is 0 Å². The molecule has 0 fully saturated rings. The van der Waals surface area contributed by atoms with Gasteiger partial charge in [-0.05, 0) is 49.5 Å². The Kier molecular flexibility index (Phi) is 4.03. The molecular formula is C15H18ClN. The molecule has 17 heavy (non-hydrogen) atoms. The first-order valence-corrected chi connectivity index (χ1v) is 6.38. The number of benzene rings is 2. The van der Waals surface area contributed by atoms with Crippen molar-refractivity contribution >= 4 is 22.4 Å². The molecule has 0 saturated carbocycles. The van der Waals surface area contributed by atoms with Crippen LogP contribution in [-0.2, 0) is 0 Å². The van der Waals surface area contributed by atoms with Gasteiger partial charge in [0.1, 0.15) is 0 Å². The van der Waals surface area contributed by atoms with Crippen LogP contribution in [0.25, 0.3) is 10.8 Å². The Labute approximate surface area is 108 Å². The Morgan fingerprint density at radius 1 is 1.06 bits per heavy atom. The minimum absolute atomic E-state index is 0.0991.